The Labute approximate surface area is 131 Å². The maximum atomic E-state index is 11.5. The summed E-state index contributed by atoms with van der Waals surface area (Å²) in [6, 6.07) is 4.89. The number of carbonyl (C=O) groups excluding carboxylic acids is 2. The van der Waals surface area contributed by atoms with Crippen molar-refractivity contribution in [3.63, 3.8) is 0 Å². The molecule has 7 heteroatoms. The number of aliphatic hydroxyl groups is 2. The fraction of sp³-hybridized carbons (Fsp3) is 0.333. The number of fused-ring (bicyclic) bond motifs is 1. The Bertz CT molecular complexity index is 696. The Morgan fingerprint density at radius 3 is 2.73 bits per heavy atom. The second-order valence-corrected chi connectivity index (χ2v) is 6.01. The number of nitrogens with one attached hydrogen (secondary N) is 1. The van der Waals surface area contributed by atoms with Crippen LogP contribution in [0.15, 0.2) is 24.4 Å². The summed E-state index contributed by atoms with van der Waals surface area (Å²) in [6.45, 7) is 1.41. The summed E-state index contributed by atoms with van der Waals surface area (Å²) in [5.41, 5.74) is 1.57. The number of thioether (sulfide) groups is 1. The van der Waals surface area contributed by atoms with Crippen molar-refractivity contribution >= 4 is 33.7 Å². The largest absolute Gasteiger partial charge is 0.465 e. The van der Waals surface area contributed by atoms with Crippen molar-refractivity contribution in [3.8, 4) is 0 Å². The maximum Gasteiger partial charge on any atom is 0.337 e. The fourth-order valence-electron chi connectivity index (χ4n) is 2.14. The highest BCUT2D eigenvalue weighted by molar-refractivity contribution is 8.13. The molecular weight excluding hydrogens is 306 g/mol. The summed E-state index contributed by atoms with van der Waals surface area (Å²) in [7, 11) is 1.31. The molecule has 1 heterocycles. The molecule has 0 spiro atoms. The molecular formula is C15H17NO5S. The van der Waals surface area contributed by atoms with Gasteiger partial charge in [0.2, 0.25) is 0 Å². The SMILES string of the molecule is COC(=O)c1ccc2c(C(O)C(O)CSC(C)=O)c[nH]c2c1. The van der Waals surface area contributed by atoms with Crippen LogP contribution in [-0.2, 0) is 9.53 Å². The van der Waals surface area contributed by atoms with Crippen LogP contribution in [0.1, 0.15) is 28.9 Å². The zero-order valence-electron chi connectivity index (χ0n) is 12.2. The number of esters is 1. The Morgan fingerprint density at radius 1 is 1.36 bits per heavy atom. The standard InChI is InChI=1S/C15H17NO5S/c1-8(17)22-7-13(18)14(19)11-6-16-12-5-9(15(20)21-2)3-4-10(11)12/h3-6,13-14,16,18-19H,7H2,1-2H3. The molecule has 1 aromatic heterocycles. The van der Waals surface area contributed by atoms with Crippen molar-refractivity contribution in [1.82, 2.24) is 4.98 Å². The Morgan fingerprint density at radius 2 is 2.09 bits per heavy atom. The first kappa shape index (κ1) is 16.5. The van der Waals surface area contributed by atoms with Crippen LogP contribution < -0.4 is 0 Å². The highest BCUT2D eigenvalue weighted by Crippen LogP contribution is 2.28. The number of methoxy groups -OCH3 is 1. The lowest BCUT2D eigenvalue weighted by Crippen LogP contribution is -2.21. The number of hydrogen-bond donors (Lipinski definition) is 3. The van der Waals surface area contributed by atoms with E-state index in [0.717, 1.165) is 11.8 Å². The predicted octanol–water partition coefficient (Wildman–Crippen LogP) is 1.63. The minimum Gasteiger partial charge on any atom is -0.465 e. The van der Waals surface area contributed by atoms with Crippen molar-refractivity contribution in [2.75, 3.05) is 12.9 Å². The molecule has 0 saturated carbocycles. The molecule has 22 heavy (non-hydrogen) atoms. The van der Waals surface area contributed by atoms with E-state index in [2.05, 4.69) is 9.72 Å². The van der Waals surface area contributed by atoms with Gasteiger partial charge in [0.1, 0.15) is 6.10 Å². The molecule has 2 rings (SSSR count). The third-order valence-electron chi connectivity index (χ3n) is 3.28. The molecule has 2 aromatic rings. The van der Waals surface area contributed by atoms with Crippen LogP contribution in [0.4, 0.5) is 0 Å². The molecule has 6 nitrogen and oxygen atoms in total. The molecule has 2 atom stereocenters. The molecule has 2 unspecified atom stereocenters. The van der Waals surface area contributed by atoms with Gasteiger partial charge in [-0.3, -0.25) is 4.79 Å². The maximum absolute atomic E-state index is 11.5. The van der Waals surface area contributed by atoms with Gasteiger partial charge in [-0.05, 0) is 12.1 Å². The second kappa shape index (κ2) is 6.95. The number of benzene rings is 1. The summed E-state index contributed by atoms with van der Waals surface area (Å²) in [5.74, 6) is -0.333. The monoisotopic (exact) mass is 323 g/mol. The summed E-state index contributed by atoms with van der Waals surface area (Å²) < 4.78 is 4.66. The minimum atomic E-state index is -1.12. The van der Waals surface area contributed by atoms with Crippen LogP contribution in [0.3, 0.4) is 0 Å². The van der Waals surface area contributed by atoms with E-state index in [1.54, 1.807) is 24.4 Å². The third-order valence-corrected chi connectivity index (χ3v) is 4.19. The number of aromatic nitrogens is 1. The molecule has 0 fully saturated rings. The summed E-state index contributed by atoms with van der Waals surface area (Å²) >= 11 is 0.959. The lowest BCUT2D eigenvalue weighted by Gasteiger charge is -2.16. The molecule has 118 valence electrons. The van der Waals surface area contributed by atoms with Gasteiger partial charge in [-0.1, -0.05) is 17.8 Å². The Balaban J connectivity index is 2.25. The average molecular weight is 323 g/mol. The van der Waals surface area contributed by atoms with E-state index < -0.39 is 18.2 Å². The first-order valence-corrected chi connectivity index (χ1v) is 7.61. The van der Waals surface area contributed by atoms with E-state index in [1.165, 1.54) is 14.0 Å². The van der Waals surface area contributed by atoms with Crippen molar-refractivity contribution in [3.05, 3.63) is 35.5 Å². The summed E-state index contributed by atoms with van der Waals surface area (Å²) in [6.07, 6.45) is -0.601. The molecule has 0 aliphatic rings. The van der Waals surface area contributed by atoms with E-state index in [9.17, 15) is 19.8 Å². The van der Waals surface area contributed by atoms with Gasteiger partial charge < -0.3 is 19.9 Å². The zero-order chi connectivity index (χ0) is 16.3. The number of carbonyl (C=O) groups is 2. The van der Waals surface area contributed by atoms with Gasteiger partial charge in [-0.25, -0.2) is 4.79 Å². The molecule has 3 N–H and O–H groups in total. The molecule has 0 saturated heterocycles. The van der Waals surface area contributed by atoms with Gasteiger partial charge in [0.15, 0.2) is 5.12 Å². The van der Waals surface area contributed by atoms with Crippen LogP contribution in [-0.4, -0.2) is 45.2 Å². The number of rotatable bonds is 5. The minimum absolute atomic E-state index is 0.115. The Kier molecular flexibility index (Phi) is 5.23. The van der Waals surface area contributed by atoms with Crippen LogP contribution >= 0.6 is 11.8 Å². The summed E-state index contributed by atoms with van der Waals surface area (Å²) in [4.78, 5) is 25.4. The first-order valence-electron chi connectivity index (χ1n) is 6.63. The number of hydrogen-bond acceptors (Lipinski definition) is 6. The fourth-order valence-corrected chi connectivity index (χ4v) is 2.73. The third kappa shape index (κ3) is 3.49. The van der Waals surface area contributed by atoms with Gasteiger partial charge >= 0.3 is 5.97 Å². The molecule has 1 aromatic carbocycles. The summed E-state index contributed by atoms with van der Waals surface area (Å²) in [5, 5.41) is 20.8. The van der Waals surface area contributed by atoms with Crippen LogP contribution in [0.2, 0.25) is 0 Å². The molecule has 0 aliphatic heterocycles. The second-order valence-electron chi connectivity index (χ2n) is 4.81. The average Bonchev–Trinajstić information content (AvgIpc) is 2.93. The highest BCUT2D eigenvalue weighted by atomic mass is 32.2. The molecule has 0 aliphatic carbocycles. The van der Waals surface area contributed by atoms with Crippen molar-refractivity contribution in [2.24, 2.45) is 0 Å². The zero-order valence-corrected chi connectivity index (χ0v) is 13.0. The quantitative estimate of drug-likeness (QED) is 0.723. The van der Waals surface area contributed by atoms with Crippen LogP contribution in [0, 0.1) is 0 Å². The van der Waals surface area contributed by atoms with Crippen molar-refractivity contribution < 1.29 is 24.5 Å². The molecule has 0 bridgehead atoms. The number of aliphatic hydroxyl groups excluding tert-OH is 2. The lowest BCUT2D eigenvalue weighted by atomic mass is 10.0. The van der Waals surface area contributed by atoms with Crippen molar-refractivity contribution in [2.45, 2.75) is 19.1 Å². The lowest BCUT2D eigenvalue weighted by molar-refractivity contribution is -0.109. The van der Waals surface area contributed by atoms with Gasteiger partial charge in [0.05, 0.1) is 18.8 Å². The first-order chi connectivity index (χ1) is 10.4. The number of ether oxygens (including phenoxy) is 1. The van der Waals surface area contributed by atoms with Crippen LogP contribution in [0.5, 0.6) is 0 Å². The van der Waals surface area contributed by atoms with E-state index in [4.69, 9.17) is 0 Å². The molecule has 0 amide bonds. The van der Waals surface area contributed by atoms with Crippen molar-refractivity contribution in [1.29, 1.82) is 0 Å². The van der Waals surface area contributed by atoms with E-state index in [-0.39, 0.29) is 10.9 Å². The number of H-pyrrole nitrogens is 1. The van der Waals surface area contributed by atoms with Crippen LogP contribution in [0.25, 0.3) is 10.9 Å². The van der Waals surface area contributed by atoms with E-state index in [0.29, 0.717) is 22.0 Å². The Hall–Kier alpha value is -1.83. The highest BCUT2D eigenvalue weighted by Gasteiger charge is 2.22. The van der Waals surface area contributed by atoms with E-state index in [1.807, 2.05) is 0 Å². The topological polar surface area (TPSA) is 99.6 Å². The normalized spacial score (nSPS) is 13.8. The predicted molar refractivity (Wildman–Crippen MR) is 83.7 cm³/mol. The van der Waals surface area contributed by atoms with Gasteiger partial charge in [-0.15, -0.1) is 0 Å². The van der Waals surface area contributed by atoms with Gasteiger partial charge in [0, 0.05) is 35.3 Å². The molecule has 0 radical (unpaired) electrons. The van der Waals surface area contributed by atoms with E-state index >= 15 is 0 Å². The van der Waals surface area contributed by atoms with Gasteiger partial charge in [0.25, 0.3) is 0 Å². The smallest absolute Gasteiger partial charge is 0.337 e. The van der Waals surface area contributed by atoms with Gasteiger partial charge in [-0.2, -0.15) is 0 Å². The number of aromatic amines is 1.